The maximum atomic E-state index is 12.1. The first-order valence-electron chi connectivity index (χ1n) is 6.74. The molecule has 2 aromatic heterocycles. The van der Waals surface area contributed by atoms with Crippen molar-refractivity contribution in [2.24, 2.45) is 0 Å². The lowest BCUT2D eigenvalue weighted by Crippen LogP contribution is -2.24. The number of nitrogens with one attached hydrogen (secondary N) is 1. The van der Waals surface area contributed by atoms with Gasteiger partial charge in [0.1, 0.15) is 5.82 Å². The zero-order valence-electron chi connectivity index (χ0n) is 11.3. The molecular formula is C15H16N4O. The van der Waals surface area contributed by atoms with Gasteiger partial charge in [-0.05, 0) is 31.4 Å². The summed E-state index contributed by atoms with van der Waals surface area (Å²) in [5.41, 5.74) is 2.25. The summed E-state index contributed by atoms with van der Waals surface area (Å²) >= 11 is 0. The smallest absolute Gasteiger partial charge is 0.254 e. The molecule has 0 unspecified atom stereocenters. The summed E-state index contributed by atoms with van der Waals surface area (Å²) in [6, 6.07) is 3.77. The molecule has 3 rings (SSSR count). The lowest BCUT2D eigenvalue weighted by Gasteiger charge is -2.08. The van der Waals surface area contributed by atoms with E-state index in [9.17, 15) is 4.79 Å². The van der Waals surface area contributed by atoms with E-state index in [0.717, 1.165) is 29.9 Å². The van der Waals surface area contributed by atoms with E-state index in [0.29, 0.717) is 18.0 Å². The zero-order chi connectivity index (χ0) is 13.9. The summed E-state index contributed by atoms with van der Waals surface area (Å²) in [6.07, 6.45) is 7.40. The molecule has 102 valence electrons. The third-order valence-corrected chi connectivity index (χ3v) is 3.36. The standard InChI is InChI=1S/C15H16N4O/c1-10-13(9-17-14(19-10)12-4-5-12)15(20)18-8-11-3-2-6-16-7-11/h2-3,6-7,9,12H,4-5,8H2,1H3,(H,18,20). The molecule has 0 bridgehead atoms. The quantitative estimate of drug-likeness (QED) is 0.920. The maximum Gasteiger partial charge on any atom is 0.254 e. The SMILES string of the molecule is Cc1nc(C2CC2)ncc1C(=O)NCc1cccnc1. The molecule has 2 heterocycles. The molecule has 0 saturated heterocycles. The van der Waals surface area contributed by atoms with Crippen LogP contribution in [0.3, 0.4) is 0 Å². The third-order valence-electron chi connectivity index (χ3n) is 3.36. The van der Waals surface area contributed by atoms with Gasteiger partial charge in [0.05, 0.1) is 11.3 Å². The highest BCUT2D eigenvalue weighted by atomic mass is 16.1. The number of pyridine rings is 1. The summed E-state index contributed by atoms with van der Waals surface area (Å²) in [6.45, 7) is 2.31. The minimum absolute atomic E-state index is 0.145. The van der Waals surface area contributed by atoms with Crippen molar-refractivity contribution in [3.8, 4) is 0 Å². The maximum absolute atomic E-state index is 12.1. The molecule has 5 nitrogen and oxygen atoms in total. The Kier molecular flexibility index (Phi) is 3.41. The fourth-order valence-electron chi connectivity index (χ4n) is 2.03. The molecule has 0 atom stereocenters. The molecule has 0 aromatic carbocycles. The molecule has 1 aliphatic carbocycles. The van der Waals surface area contributed by atoms with Crippen LogP contribution in [0.2, 0.25) is 0 Å². The Balaban J connectivity index is 1.67. The van der Waals surface area contributed by atoms with Gasteiger partial charge in [0.15, 0.2) is 0 Å². The summed E-state index contributed by atoms with van der Waals surface area (Å²) < 4.78 is 0. The molecule has 1 N–H and O–H groups in total. The fourth-order valence-corrected chi connectivity index (χ4v) is 2.03. The second-order valence-corrected chi connectivity index (χ2v) is 5.05. The second-order valence-electron chi connectivity index (χ2n) is 5.05. The van der Waals surface area contributed by atoms with E-state index in [1.54, 1.807) is 18.6 Å². The zero-order valence-corrected chi connectivity index (χ0v) is 11.3. The lowest BCUT2D eigenvalue weighted by atomic mass is 10.2. The molecule has 2 aromatic rings. The van der Waals surface area contributed by atoms with Crippen molar-refractivity contribution in [2.45, 2.75) is 32.2 Å². The van der Waals surface area contributed by atoms with Crippen LogP contribution < -0.4 is 5.32 Å². The van der Waals surface area contributed by atoms with Crippen LogP contribution in [0.1, 0.15) is 46.2 Å². The predicted molar refractivity (Wildman–Crippen MR) is 74.2 cm³/mol. The Morgan fingerprint density at radius 3 is 2.90 bits per heavy atom. The van der Waals surface area contributed by atoms with Crippen molar-refractivity contribution in [1.29, 1.82) is 0 Å². The van der Waals surface area contributed by atoms with E-state index in [2.05, 4.69) is 20.3 Å². The van der Waals surface area contributed by atoms with Gasteiger partial charge in [0, 0.05) is 31.1 Å². The number of carbonyl (C=O) groups is 1. The van der Waals surface area contributed by atoms with E-state index in [1.807, 2.05) is 19.1 Å². The van der Waals surface area contributed by atoms with E-state index >= 15 is 0 Å². The molecule has 0 radical (unpaired) electrons. The van der Waals surface area contributed by atoms with Crippen LogP contribution in [0.4, 0.5) is 0 Å². The number of hydrogen-bond acceptors (Lipinski definition) is 4. The number of carbonyl (C=O) groups excluding carboxylic acids is 1. The number of nitrogens with zero attached hydrogens (tertiary/aromatic N) is 3. The van der Waals surface area contributed by atoms with Gasteiger partial charge in [-0.1, -0.05) is 6.07 Å². The Hall–Kier alpha value is -2.30. The average Bonchev–Trinajstić information content (AvgIpc) is 3.30. The van der Waals surface area contributed by atoms with Gasteiger partial charge < -0.3 is 5.32 Å². The van der Waals surface area contributed by atoms with Gasteiger partial charge in [0.2, 0.25) is 0 Å². The fraction of sp³-hybridized carbons (Fsp3) is 0.333. The molecule has 1 amide bonds. The van der Waals surface area contributed by atoms with Crippen LogP contribution in [0.25, 0.3) is 0 Å². The van der Waals surface area contributed by atoms with E-state index in [-0.39, 0.29) is 5.91 Å². The van der Waals surface area contributed by atoms with Gasteiger partial charge in [-0.25, -0.2) is 9.97 Å². The van der Waals surface area contributed by atoms with Crippen molar-refractivity contribution in [3.63, 3.8) is 0 Å². The molecule has 1 aliphatic rings. The van der Waals surface area contributed by atoms with E-state index in [1.165, 1.54) is 0 Å². The number of aryl methyl sites for hydroxylation is 1. The van der Waals surface area contributed by atoms with Crippen LogP contribution in [0, 0.1) is 6.92 Å². The highest BCUT2D eigenvalue weighted by molar-refractivity contribution is 5.94. The Bertz CT molecular complexity index is 623. The number of rotatable bonds is 4. The first-order valence-corrected chi connectivity index (χ1v) is 6.74. The van der Waals surface area contributed by atoms with Crippen molar-refractivity contribution in [1.82, 2.24) is 20.3 Å². The third kappa shape index (κ3) is 2.82. The minimum atomic E-state index is -0.145. The predicted octanol–water partition coefficient (Wildman–Crippen LogP) is 1.99. The van der Waals surface area contributed by atoms with Crippen molar-refractivity contribution in [3.05, 3.63) is 53.4 Å². The number of hydrogen-bond donors (Lipinski definition) is 1. The molecule has 0 spiro atoms. The lowest BCUT2D eigenvalue weighted by molar-refractivity contribution is 0.0949. The molecule has 1 fully saturated rings. The van der Waals surface area contributed by atoms with Gasteiger partial charge in [-0.15, -0.1) is 0 Å². The number of aromatic nitrogens is 3. The van der Waals surface area contributed by atoms with Crippen molar-refractivity contribution >= 4 is 5.91 Å². The van der Waals surface area contributed by atoms with Gasteiger partial charge in [-0.3, -0.25) is 9.78 Å². The Morgan fingerprint density at radius 2 is 2.25 bits per heavy atom. The minimum Gasteiger partial charge on any atom is -0.348 e. The monoisotopic (exact) mass is 268 g/mol. The molecule has 20 heavy (non-hydrogen) atoms. The molecule has 0 aliphatic heterocycles. The van der Waals surface area contributed by atoms with Crippen LogP contribution >= 0.6 is 0 Å². The summed E-state index contributed by atoms with van der Waals surface area (Å²) in [7, 11) is 0. The highest BCUT2D eigenvalue weighted by Gasteiger charge is 2.27. The highest BCUT2D eigenvalue weighted by Crippen LogP contribution is 2.37. The summed E-state index contributed by atoms with van der Waals surface area (Å²) in [5.74, 6) is 1.22. The van der Waals surface area contributed by atoms with Crippen LogP contribution in [0.15, 0.2) is 30.7 Å². The topological polar surface area (TPSA) is 67.8 Å². The van der Waals surface area contributed by atoms with E-state index in [4.69, 9.17) is 0 Å². The second kappa shape index (κ2) is 5.36. The Morgan fingerprint density at radius 1 is 1.40 bits per heavy atom. The first kappa shape index (κ1) is 12.7. The van der Waals surface area contributed by atoms with Crippen LogP contribution in [0.5, 0.6) is 0 Å². The van der Waals surface area contributed by atoms with Gasteiger partial charge in [-0.2, -0.15) is 0 Å². The molecule has 5 heteroatoms. The molecular weight excluding hydrogens is 252 g/mol. The normalized spacial score (nSPS) is 14.1. The van der Waals surface area contributed by atoms with Crippen molar-refractivity contribution in [2.75, 3.05) is 0 Å². The molecule has 1 saturated carbocycles. The van der Waals surface area contributed by atoms with E-state index < -0.39 is 0 Å². The largest absolute Gasteiger partial charge is 0.348 e. The van der Waals surface area contributed by atoms with Gasteiger partial charge >= 0.3 is 0 Å². The summed E-state index contributed by atoms with van der Waals surface area (Å²) in [5, 5.41) is 2.86. The summed E-state index contributed by atoms with van der Waals surface area (Å²) in [4.78, 5) is 24.9. The number of amides is 1. The first-order chi connectivity index (χ1) is 9.74. The van der Waals surface area contributed by atoms with Crippen LogP contribution in [-0.4, -0.2) is 20.9 Å². The average molecular weight is 268 g/mol. The Labute approximate surface area is 117 Å². The van der Waals surface area contributed by atoms with Crippen LogP contribution in [-0.2, 0) is 6.54 Å². The van der Waals surface area contributed by atoms with Gasteiger partial charge in [0.25, 0.3) is 5.91 Å². The van der Waals surface area contributed by atoms with Crippen molar-refractivity contribution < 1.29 is 4.79 Å².